The number of cyclic esters (lactones) is 1. The quantitative estimate of drug-likeness (QED) is 0.630. The molecule has 2 aromatic rings. The highest BCUT2D eigenvalue weighted by Gasteiger charge is 2.35. The molecule has 0 aromatic heterocycles. The van der Waals surface area contributed by atoms with Gasteiger partial charge in [-0.05, 0) is 35.3 Å². The molecule has 0 fully saturated rings. The first-order valence-electron chi connectivity index (χ1n) is 10.0. The van der Waals surface area contributed by atoms with E-state index in [2.05, 4.69) is 0 Å². The molecule has 0 unspecified atom stereocenters. The van der Waals surface area contributed by atoms with Crippen LogP contribution < -0.4 is 28.4 Å². The number of carbonyl (C=O) groups excluding carboxylic acids is 1. The van der Waals surface area contributed by atoms with Crippen molar-refractivity contribution in [3.63, 3.8) is 0 Å². The minimum Gasteiger partial charge on any atom is -0.493 e. The molecule has 0 bridgehead atoms. The first kappa shape index (κ1) is 21.7. The van der Waals surface area contributed by atoms with Crippen LogP contribution in [0, 0.1) is 0 Å². The van der Waals surface area contributed by atoms with E-state index in [1.54, 1.807) is 42.7 Å². The summed E-state index contributed by atoms with van der Waals surface area (Å²) < 4.78 is 39.5. The van der Waals surface area contributed by atoms with E-state index >= 15 is 0 Å². The van der Waals surface area contributed by atoms with Gasteiger partial charge in [-0.1, -0.05) is 0 Å². The number of fused-ring (bicyclic) bond motifs is 3. The number of hydrogen-bond acceptors (Lipinski definition) is 8. The third kappa shape index (κ3) is 3.18. The predicted octanol–water partition coefficient (Wildman–Crippen LogP) is 3.36. The zero-order valence-corrected chi connectivity index (χ0v) is 19.0. The van der Waals surface area contributed by atoms with Gasteiger partial charge in [-0.25, -0.2) is 4.79 Å². The maximum atomic E-state index is 12.5. The Morgan fingerprint density at radius 3 is 1.56 bits per heavy atom. The lowest BCUT2D eigenvalue weighted by atomic mass is 9.83. The molecule has 2 aliphatic rings. The Hall–Kier alpha value is -3.55. The molecule has 8 nitrogen and oxygen atoms in total. The molecule has 0 saturated carbocycles. The van der Waals surface area contributed by atoms with Crippen LogP contribution >= 0.6 is 0 Å². The zero-order chi connectivity index (χ0) is 23.0. The van der Waals surface area contributed by atoms with Crippen molar-refractivity contribution in [2.24, 2.45) is 0 Å². The largest absolute Gasteiger partial charge is 0.493 e. The summed E-state index contributed by atoms with van der Waals surface area (Å²) in [6.07, 6.45) is 0.848. The van der Waals surface area contributed by atoms with Gasteiger partial charge in [0.05, 0.1) is 42.7 Å². The summed E-state index contributed by atoms with van der Waals surface area (Å²) in [6, 6.07) is 3.76. The summed E-state index contributed by atoms with van der Waals surface area (Å²) in [5.41, 5.74) is 4.78. The Bertz CT molecular complexity index is 1120. The highest BCUT2D eigenvalue weighted by molar-refractivity contribution is 5.95. The topological polar surface area (TPSA) is 81.7 Å². The molecule has 4 rings (SSSR count). The van der Waals surface area contributed by atoms with E-state index in [4.69, 9.17) is 33.2 Å². The van der Waals surface area contributed by atoms with E-state index in [9.17, 15) is 4.79 Å². The summed E-state index contributed by atoms with van der Waals surface area (Å²) in [5.74, 6) is 2.60. The van der Waals surface area contributed by atoms with Gasteiger partial charge in [0.25, 0.3) is 0 Å². The van der Waals surface area contributed by atoms with Crippen LogP contribution in [0.5, 0.6) is 34.5 Å². The van der Waals surface area contributed by atoms with Crippen LogP contribution in [0.3, 0.4) is 0 Å². The number of rotatable bonds is 6. The second-order valence-electron chi connectivity index (χ2n) is 7.37. The van der Waals surface area contributed by atoms with Crippen molar-refractivity contribution < 1.29 is 38.0 Å². The van der Waals surface area contributed by atoms with Crippen molar-refractivity contribution in [3.05, 3.63) is 34.4 Å². The maximum Gasteiger partial charge on any atom is 0.334 e. The monoisotopic (exact) mass is 442 g/mol. The van der Waals surface area contributed by atoms with Crippen molar-refractivity contribution in [2.45, 2.75) is 12.8 Å². The van der Waals surface area contributed by atoms with Crippen LogP contribution in [-0.2, 0) is 22.4 Å². The molecule has 0 N–H and O–H groups in total. The van der Waals surface area contributed by atoms with Gasteiger partial charge in [0.15, 0.2) is 23.0 Å². The summed E-state index contributed by atoms with van der Waals surface area (Å²) >= 11 is 0. The number of carbonyl (C=O) groups is 1. The normalized spacial score (nSPS) is 14.4. The number of benzene rings is 2. The summed E-state index contributed by atoms with van der Waals surface area (Å²) in [7, 11) is 9.39. The lowest BCUT2D eigenvalue weighted by Crippen LogP contribution is -2.11. The van der Waals surface area contributed by atoms with Crippen molar-refractivity contribution in [3.8, 4) is 45.6 Å². The van der Waals surface area contributed by atoms with Gasteiger partial charge in [-0.2, -0.15) is 0 Å². The highest BCUT2D eigenvalue weighted by atomic mass is 16.5. The molecular formula is C24H26O8. The second-order valence-corrected chi connectivity index (χ2v) is 7.37. The Balaban J connectivity index is 2.18. The molecule has 0 atom stereocenters. The Labute approximate surface area is 186 Å². The Morgan fingerprint density at radius 2 is 1.12 bits per heavy atom. The molecule has 1 heterocycles. The molecule has 2 aromatic carbocycles. The highest BCUT2D eigenvalue weighted by Crippen LogP contribution is 2.55. The van der Waals surface area contributed by atoms with Crippen molar-refractivity contribution in [1.82, 2.24) is 0 Å². The van der Waals surface area contributed by atoms with E-state index in [0.717, 1.165) is 27.8 Å². The second kappa shape index (κ2) is 8.53. The van der Waals surface area contributed by atoms with Crippen LogP contribution in [-0.4, -0.2) is 55.2 Å². The third-order valence-corrected chi connectivity index (χ3v) is 5.90. The molecule has 1 aliphatic carbocycles. The molecule has 0 saturated heterocycles. The lowest BCUT2D eigenvalue weighted by molar-refractivity contribution is -0.136. The zero-order valence-electron chi connectivity index (χ0n) is 19.0. The molecule has 1 aliphatic heterocycles. The fourth-order valence-corrected chi connectivity index (χ4v) is 4.49. The number of hydrogen-bond donors (Lipinski definition) is 0. The molecular weight excluding hydrogens is 416 g/mol. The van der Waals surface area contributed by atoms with Gasteiger partial charge in [-0.3, -0.25) is 0 Å². The SMILES string of the molecule is COc1cc2c(c(OC)c1OC)-c1c(cc(OC)c(OC)c1OC)CC1=C(COC1=O)C2. The minimum absolute atomic E-state index is 0.254. The van der Waals surface area contributed by atoms with Gasteiger partial charge in [0, 0.05) is 23.1 Å². The Morgan fingerprint density at radius 1 is 0.656 bits per heavy atom. The molecule has 170 valence electrons. The predicted molar refractivity (Wildman–Crippen MR) is 117 cm³/mol. The van der Waals surface area contributed by atoms with E-state index in [0.29, 0.717) is 52.9 Å². The van der Waals surface area contributed by atoms with Crippen molar-refractivity contribution in [1.29, 1.82) is 0 Å². The van der Waals surface area contributed by atoms with Crippen LogP contribution in [0.1, 0.15) is 11.1 Å². The smallest absolute Gasteiger partial charge is 0.334 e. The van der Waals surface area contributed by atoms with Crippen molar-refractivity contribution >= 4 is 5.97 Å². The average molecular weight is 442 g/mol. The molecule has 8 heteroatoms. The number of ether oxygens (including phenoxy) is 7. The van der Waals surface area contributed by atoms with Crippen LogP contribution in [0.2, 0.25) is 0 Å². The standard InChI is InChI=1S/C24H26O8/c1-26-16-9-12-7-14-11-32-24(25)15(14)8-13-10-17(27-2)21(29-4)23(31-6)19(13)18(12)22(30-5)20(16)28-3/h9-10H,7-8,11H2,1-6H3. The fraction of sp³-hybridized carbons (Fsp3) is 0.375. The summed E-state index contributed by atoms with van der Waals surface area (Å²) in [5, 5.41) is 0. The number of methoxy groups -OCH3 is 6. The van der Waals surface area contributed by atoms with Crippen molar-refractivity contribution in [2.75, 3.05) is 49.3 Å². The fourth-order valence-electron chi connectivity index (χ4n) is 4.49. The third-order valence-electron chi connectivity index (χ3n) is 5.90. The average Bonchev–Trinajstić information content (AvgIpc) is 3.14. The number of esters is 1. The maximum absolute atomic E-state index is 12.5. The van der Waals surface area contributed by atoms with Gasteiger partial charge >= 0.3 is 5.97 Å². The first-order valence-corrected chi connectivity index (χ1v) is 10.0. The van der Waals surface area contributed by atoms with E-state index < -0.39 is 0 Å². The van der Waals surface area contributed by atoms with Crippen LogP contribution in [0.15, 0.2) is 23.3 Å². The van der Waals surface area contributed by atoms with E-state index in [1.807, 2.05) is 12.1 Å². The van der Waals surface area contributed by atoms with Gasteiger partial charge in [0.2, 0.25) is 11.5 Å². The molecule has 0 spiro atoms. The first-order chi connectivity index (χ1) is 15.5. The van der Waals surface area contributed by atoms with E-state index in [-0.39, 0.29) is 12.6 Å². The molecule has 32 heavy (non-hydrogen) atoms. The summed E-state index contributed by atoms with van der Waals surface area (Å²) in [6.45, 7) is 0.254. The van der Waals surface area contributed by atoms with Gasteiger partial charge in [-0.15, -0.1) is 0 Å². The van der Waals surface area contributed by atoms with Gasteiger partial charge in [0.1, 0.15) is 6.61 Å². The molecule has 0 amide bonds. The van der Waals surface area contributed by atoms with E-state index in [1.165, 1.54) is 0 Å². The van der Waals surface area contributed by atoms with Crippen LogP contribution in [0.4, 0.5) is 0 Å². The molecule has 0 radical (unpaired) electrons. The Kier molecular flexibility index (Phi) is 5.78. The summed E-state index contributed by atoms with van der Waals surface area (Å²) in [4.78, 5) is 12.5. The lowest BCUT2D eigenvalue weighted by Gasteiger charge is -2.26. The van der Waals surface area contributed by atoms with Gasteiger partial charge < -0.3 is 33.2 Å². The van der Waals surface area contributed by atoms with Crippen LogP contribution in [0.25, 0.3) is 11.1 Å². The minimum atomic E-state index is -0.310.